The molecule has 2 atom stereocenters. The number of methoxy groups -OCH3 is 1. The Bertz CT molecular complexity index is 1310. The number of carbonyl (C=O) groups excluding carboxylic acids is 1. The molecule has 1 aromatic heterocycles. The molecule has 1 amide bonds. The van der Waals surface area contributed by atoms with Gasteiger partial charge in [-0.3, -0.25) is 9.69 Å². The highest BCUT2D eigenvalue weighted by molar-refractivity contribution is 5.88. The van der Waals surface area contributed by atoms with Gasteiger partial charge in [-0.25, -0.2) is 4.39 Å². The molecule has 1 saturated carbocycles. The van der Waals surface area contributed by atoms with E-state index in [0.717, 1.165) is 67.5 Å². The van der Waals surface area contributed by atoms with Gasteiger partial charge in [0.1, 0.15) is 11.6 Å². The Labute approximate surface area is 217 Å². The maximum absolute atomic E-state index is 14.9. The number of fused-ring (bicyclic) bond motifs is 4. The SMILES string of the molecule is COc1ccc2c3c([nH]c2c1)[C@H](CO)N([C@@H](C)c1ccccc1F)CC31CCN(C(=O)C2CCC2)CC1. The van der Waals surface area contributed by atoms with Gasteiger partial charge < -0.3 is 19.7 Å². The number of aliphatic hydroxyl groups excluding tert-OH is 1. The molecule has 3 heterocycles. The van der Waals surface area contributed by atoms with Gasteiger partial charge in [-0.15, -0.1) is 0 Å². The molecule has 6 nitrogen and oxygen atoms in total. The summed E-state index contributed by atoms with van der Waals surface area (Å²) in [7, 11) is 1.66. The number of carbonyl (C=O) groups is 1. The molecular formula is C30H36FN3O3. The van der Waals surface area contributed by atoms with Gasteiger partial charge in [0.2, 0.25) is 5.91 Å². The molecule has 0 unspecified atom stereocenters. The summed E-state index contributed by atoms with van der Waals surface area (Å²) < 4.78 is 20.4. The van der Waals surface area contributed by atoms with E-state index in [1.807, 2.05) is 31.2 Å². The van der Waals surface area contributed by atoms with Gasteiger partial charge in [0.25, 0.3) is 0 Å². The van der Waals surface area contributed by atoms with Crippen LogP contribution in [0.2, 0.25) is 0 Å². The van der Waals surface area contributed by atoms with Crippen molar-refractivity contribution in [1.29, 1.82) is 0 Å². The van der Waals surface area contributed by atoms with Crippen molar-refractivity contribution < 1.29 is 19.0 Å². The van der Waals surface area contributed by atoms with Crippen molar-refractivity contribution in [3.05, 3.63) is 65.1 Å². The van der Waals surface area contributed by atoms with Gasteiger partial charge >= 0.3 is 0 Å². The molecule has 2 fully saturated rings. The first-order valence-electron chi connectivity index (χ1n) is 13.6. The molecule has 7 heteroatoms. The topological polar surface area (TPSA) is 68.8 Å². The van der Waals surface area contributed by atoms with Gasteiger partial charge in [0.15, 0.2) is 0 Å². The maximum atomic E-state index is 14.9. The monoisotopic (exact) mass is 505 g/mol. The number of amides is 1. The lowest BCUT2D eigenvalue weighted by Gasteiger charge is -2.52. The molecule has 0 radical (unpaired) electrons. The standard InChI is InChI=1S/C30H36FN3O3/c1-19(22-8-3-4-9-24(22)31)34-18-30(12-14-33(15-13-30)29(36)20-6-5-7-20)27-23-11-10-21(37-2)16-25(23)32-28(27)26(34)17-35/h3-4,8-11,16,19-20,26,32,35H,5-7,12-15,17-18H2,1-2H3/t19-,26-/m0/s1. The Hall–Kier alpha value is -2.90. The van der Waals surface area contributed by atoms with E-state index in [1.54, 1.807) is 13.2 Å². The number of aromatic amines is 1. The molecule has 3 aliphatic rings. The van der Waals surface area contributed by atoms with Crippen molar-refractivity contribution in [2.24, 2.45) is 5.92 Å². The highest BCUT2D eigenvalue weighted by Crippen LogP contribution is 2.51. The van der Waals surface area contributed by atoms with Gasteiger partial charge in [0, 0.05) is 65.2 Å². The summed E-state index contributed by atoms with van der Waals surface area (Å²) in [6.45, 7) is 4.11. The van der Waals surface area contributed by atoms with E-state index in [4.69, 9.17) is 4.74 Å². The summed E-state index contributed by atoms with van der Waals surface area (Å²) in [5, 5.41) is 11.8. The number of aliphatic hydroxyl groups is 1. The first kappa shape index (κ1) is 24.4. The molecule has 0 bridgehead atoms. The molecule has 1 aliphatic carbocycles. The molecule has 2 N–H and O–H groups in total. The summed E-state index contributed by atoms with van der Waals surface area (Å²) in [6, 6.07) is 12.5. The van der Waals surface area contributed by atoms with Crippen molar-refractivity contribution in [2.45, 2.75) is 56.5 Å². The van der Waals surface area contributed by atoms with Crippen molar-refractivity contribution >= 4 is 16.8 Å². The lowest BCUT2D eigenvalue weighted by molar-refractivity contribution is -0.140. The second-order valence-corrected chi connectivity index (χ2v) is 11.1. The Kier molecular flexibility index (Phi) is 6.24. The predicted molar refractivity (Wildman–Crippen MR) is 141 cm³/mol. The van der Waals surface area contributed by atoms with Gasteiger partial charge in [-0.2, -0.15) is 0 Å². The number of likely N-dealkylation sites (tertiary alicyclic amines) is 1. The normalized spacial score (nSPS) is 22.6. The maximum Gasteiger partial charge on any atom is 0.225 e. The highest BCUT2D eigenvalue weighted by atomic mass is 19.1. The average molecular weight is 506 g/mol. The highest BCUT2D eigenvalue weighted by Gasteiger charge is 2.49. The number of nitrogens with zero attached hydrogens (tertiary/aromatic N) is 2. The average Bonchev–Trinajstić information content (AvgIpc) is 3.27. The van der Waals surface area contributed by atoms with Gasteiger partial charge in [-0.05, 0) is 56.4 Å². The predicted octanol–water partition coefficient (Wildman–Crippen LogP) is 5.09. The van der Waals surface area contributed by atoms with Crippen LogP contribution in [-0.2, 0) is 10.2 Å². The van der Waals surface area contributed by atoms with Crippen LogP contribution in [0.1, 0.15) is 67.9 Å². The lowest BCUT2D eigenvalue weighted by atomic mass is 9.67. The number of halogens is 1. The number of H-pyrrole nitrogens is 1. The Balaban J connectivity index is 1.43. The fraction of sp³-hybridized carbons (Fsp3) is 0.500. The quantitative estimate of drug-likeness (QED) is 0.507. The summed E-state index contributed by atoms with van der Waals surface area (Å²) in [5.41, 5.74) is 3.66. The van der Waals surface area contributed by atoms with E-state index in [9.17, 15) is 14.3 Å². The number of piperidine rings is 1. The van der Waals surface area contributed by atoms with Crippen molar-refractivity contribution in [2.75, 3.05) is 33.4 Å². The minimum atomic E-state index is -0.289. The second kappa shape index (κ2) is 9.44. The minimum Gasteiger partial charge on any atom is -0.497 e. The summed E-state index contributed by atoms with van der Waals surface area (Å²) in [6.07, 6.45) is 4.87. The first-order chi connectivity index (χ1) is 18.0. The molecular weight excluding hydrogens is 469 g/mol. The van der Waals surface area contributed by atoms with Crippen LogP contribution in [0.5, 0.6) is 5.75 Å². The van der Waals surface area contributed by atoms with Crippen molar-refractivity contribution in [3.63, 3.8) is 0 Å². The van der Waals surface area contributed by atoms with E-state index < -0.39 is 0 Å². The van der Waals surface area contributed by atoms with Crippen molar-refractivity contribution in [1.82, 2.24) is 14.8 Å². The molecule has 2 aliphatic heterocycles. The first-order valence-corrected chi connectivity index (χ1v) is 13.6. The Morgan fingerprint density at radius 2 is 1.97 bits per heavy atom. The number of benzene rings is 2. The summed E-state index contributed by atoms with van der Waals surface area (Å²) in [4.78, 5) is 21.0. The molecule has 37 heavy (non-hydrogen) atoms. The zero-order valence-electron chi connectivity index (χ0n) is 21.7. The molecule has 1 saturated heterocycles. The lowest BCUT2D eigenvalue weighted by Crippen LogP contribution is -2.55. The van der Waals surface area contributed by atoms with Crippen LogP contribution >= 0.6 is 0 Å². The number of ether oxygens (including phenoxy) is 1. The van der Waals surface area contributed by atoms with E-state index in [0.29, 0.717) is 18.0 Å². The van der Waals surface area contributed by atoms with E-state index in [2.05, 4.69) is 20.9 Å². The van der Waals surface area contributed by atoms with Gasteiger partial charge in [-0.1, -0.05) is 24.6 Å². The molecule has 196 valence electrons. The zero-order valence-corrected chi connectivity index (χ0v) is 21.7. The summed E-state index contributed by atoms with van der Waals surface area (Å²) in [5.74, 6) is 1.06. The van der Waals surface area contributed by atoms with E-state index in [-0.39, 0.29) is 35.8 Å². The molecule has 6 rings (SSSR count). The third-order valence-corrected chi connectivity index (χ3v) is 9.30. The molecule has 1 spiro atoms. The van der Waals surface area contributed by atoms with Crippen LogP contribution < -0.4 is 4.74 Å². The van der Waals surface area contributed by atoms with E-state index in [1.165, 1.54) is 11.6 Å². The zero-order chi connectivity index (χ0) is 25.7. The Morgan fingerprint density at radius 3 is 2.62 bits per heavy atom. The number of hydrogen-bond acceptors (Lipinski definition) is 4. The fourth-order valence-corrected chi connectivity index (χ4v) is 6.92. The number of hydrogen-bond donors (Lipinski definition) is 2. The fourth-order valence-electron chi connectivity index (χ4n) is 6.92. The minimum absolute atomic E-state index is 0.0713. The van der Waals surface area contributed by atoms with Crippen LogP contribution in [0.25, 0.3) is 10.9 Å². The summed E-state index contributed by atoms with van der Waals surface area (Å²) >= 11 is 0. The third kappa shape index (κ3) is 3.94. The van der Waals surface area contributed by atoms with Crippen LogP contribution in [0.4, 0.5) is 4.39 Å². The van der Waals surface area contributed by atoms with Crippen LogP contribution in [-0.4, -0.2) is 59.1 Å². The number of aromatic nitrogens is 1. The molecule has 2 aromatic carbocycles. The van der Waals surface area contributed by atoms with Crippen molar-refractivity contribution in [3.8, 4) is 5.75 Å². The largest absolute Gasteiger partial charge is 0.497 e. The van der Waals surface area contributed by atoms with E-state index >= 15 is 0 Å². The number of rotatable bonds is 5. The number of nitrogens with one attached hydrogen (secondary N) is 1. The smallest absolute Gasteiger partial charge is 0.225 e. The van der Waals surface area contributed by atoms with Gasteiger partial charge in [0.05, 0.1) is 19.8 Å². The van der Waals surface area contributed by atoms with Crippen LogP contribution in [0.15, 0.2) is 42.5 Å². The van der Waals surface area contributed by atoms with Crippen LogP contribution in [0.3, 0.4) is 0 Å². The third-order valence-electron chi connectivity index (χ3n) is 9.30. The Morgan fingerprint density at radius 1 is 1.22 bits per heavy atom. The molecule has 3 aromatic rings. The second-order valence-electron chi connectivity index (χ2n) is 11.1. The van der Waals surface area contributed by atoms with Crippen LogP contribution in [0, 0.1) is 11.7 Å².